The van der Waals surface area contributed by atoms with Gasteiger partial charge >= 0.3 is 5.97 Å². The largest absolute Gasteiger partial charge is 0.466 e. The van der Waals surface area contributed by atoms with Crippen molar-refractivity contribution in [2.24, 2.45) is 11.7 Å². The van der Waals surface area contributed by atoms with Crippen molar-refractivity contribution in [2.75, 3.05) is 6.61 Å². The summed E-state index contributed by atoms with van der Waals surface area (Å²) in [7, 11) is 0. The van der Waals surface area contributed by atoms with Gasteiger partial charge in [0.15, 0.2) is 0 Å². The van der Waals surface area contributed by atoms with Crippen molar-refractivity contribution in [3.63, 3.8) is 0 Å². The fourth-order valence-electron chi connectivity index (χ4n) is 5.90. The molecule has 1 aromatic heterocycles. The van der Waals surface area contributed by atoms with Crippen LogP contribution in [0.5, 0.6) is 0 Å². The maximum Gasteiger partial charge on any atom is 0.305 e. The number of primary amides is 1. The molecule has 1 saturated carbocycles. The molecule has 1 aliphatic rings. The Morgan fingerprint density at radius 3 is 2.26 bits per heavy atom. The number of nitrogens with zero attached hydrogens (tertiary/aromatic N) is 2. The minimum Gasteiger partial charge on any atom is -0.466 e. The Bertz CT molecular complexity index is 1100. The van der Waals surface area contributed by atoms with E-state index in [1.165, 1.54) is 0 Å². The lowest BCUT2D eigenvalue weighted by atomic mass is 9.64. The normalized spacial score (nSPS) is 17.9. The second kappa shape index (κ2) is 10.9. The van der Waals surface area contributed by atoms with E-state index in [1.54, 1.807) is 0 Å². The number of ether oxygens (including phenoxy) is 1. The zero-order valence-corrected chi connectivity index (χ0v) is 20.7. The van der Waals surface area contributed by atoms with Gasteiger partial charge in [-0.1, -0.05) is 60.7 Å². The molecule has 2 atom stereocenters. The van der Waals surface area contributed by atoms with Crippen LogP contribution in [-0.2, 0) is 26.3 Å². The number of aromatic nitrogens is 2. The number of nitrogens with two attached hydrogens (primary N) is 1. The summed E-state index contributed by atoms with van der Waals surface area (Å²) < 4.78 is 9.56. The van der Waals surface area contributed by atoms with Crippen LogP contribution in [0.4, 0.5) is 0 Å². The lowest BCUT2D eigenvalue weighted by Crippen LogP contribution is -2.47. The van der Waals surface area contributed by atoms with Crippen molar-refractivity contribution in [1.82, 2.24) is 4.57 Å². The summed E-state index contributed by atoms with van der Waals surface area (Å²) in [5, 5.41) is 0. The molecule has 4 rings (SSSR count). The van der Waals surface area contributed by atoms with E-state index in [1.807, 2.05) is 67.6 Å². The molecule has 35 heavy (non-hydrogen) atoms. The molecule has 0 radical (unpaired) electrons. The van der Waals surface area contributed by atoms with Crippen LogP contribution in [0.25, 0.3) is 0 Å². The number of hydrogen-bond donors (Lipinski definition) is 1. The standard InChI is InChI=1S/C29H35N3O3/c1-3-35-27(33)15-10-18-31-19-20-32(22(31)2)26-17-16-25(21-26)29(28(30)34,23-11-6-4-7-12-23)24-13-8-5-9-14-24/h4-9,11-14,19-20,25-26H,3,10,15-18,21H2,1-2H3,(H-,30,34)/p+1. The number of aryl methyl sites for hydroxylation is 1. The highest BCUT2D eigenvalue weighted by Crippen LogP contribution is 2.49. The second-order valence-corrected chi connectivity index (χ2v) is 9.42. The molecule has 2 aromatic carbocycles. The van der Waals surface area contributed by atoms with Gasteiger partial charge in [0.05, 0.1) is 13.2 Å². The van der Waals surface area contributed by atoms with Gasteiger partial charge in [-0.05, 0) is 49.7 Å². The first-order chi connectivity index (χ1) is 17.0. The van der Waals surface area contributed by atoms with Gasteiger partial charge in [-0.2, -0.15) is 0 Å². The minimum atomic E-state index is -0.867. The Balaban J connectivity index is 1.58. The minimum absolute atomic E-state index is 0.0915. The zero-order chi connectivity index (χ0) is 24.8. The van der Waals surface area contributed by atoms with Crippen molar-refractivity contribution in [3.8, 4) is 0 Å². The SMILES string of the molecule is CCOC(=O)CCC[n+]1ccn(C2CCC(C(C(N)=O)(c3ccccc3)c3ccccc3)C2)c1C. The maximum absolute atomic E-state index is 13.3. The van der Waals surface area contributed by atoms with Crippen LogP contribution in [0.2, 0.25) is 0 Å². The van der Waals surface area contributed by atoms with Crippen molar-refractivity contribution in [1.29, 1.82) is 0 Å². The summed E-state index contributed by atoms with van der Waals surface area (Å²) in [5.74, 6) is 0.810. The fourth-order valence-corrected chi connectivity index (χ4v) is 5.90. The van der Waals surface area contributed by atoms with E-state index >= 15 is 0 Å². The molecule has 0 bridgehead atoms. The summed E-state index contributed by atoms with van der Waals surface area (Å²) in [6.45, 7) is 5.14. The topological polar surface area (TPSA) is 78.2 Å². The van der Waals surface area contributed by atoms with Gasteiger partial charge in [0.2, 0.25) is 5.91 Å². The van der Waals surface area contributed by atoms with Crippen molar-refractivity contribution in [2.45, 2.75) is 64.0 Å². The van der Waals surface area contributed by atoms with E-state index in [9.17, 15) is 9.59 Å². The summed E-state index contributed by atoms with van der Waals surface area (Å²) in [4.78, 5) is 25.0. The number of hydrogen-bond acceptors (Lipinski definition) is 3. The fraction of sp³-hybridized carbons (Fsp3) is 0.414. The van der Waals surface area contributed by atoms with Crippen LogP contribution in [-0.4, -0.2) is 23.1 Å². The Morgan fingerprint density at radius 2 is 1.69 bits per heavy atom. The maximum atomic E-state index is 13.3. The Labute approximate surface area is 207 Å². The lowest BCUT2D eigenvalue weighted by molar-refractivity contribution is -0.702. The van der Waals surface area contributed by atoms with Crippen LogP contribution < -0.4 is 10.3 Å². The third-order valence-corrected chi connectivity index (χ3v) is 7.54. The number of amides is 1. The number of carbonyl (C=O) groups is 2. The predicted octanol–water partition coefficient (Wildman–Crippen LogP) is 4.24. The number of carbonyl (C=O) groups excluding carboxylic acids is 2. The van der Waals surface area contributed by atoms with Gasteiger partial charge < -0.3 is 10.5 Å². The number of benzene rings is 2. The van der Waals surface area contributed by atoms with E-state index in [4.69, 9.17) is 10.5 Å². The van der Waals surface area contributed by atoms with E-state index < -0.39 is 5.41 Å². The highest BCUT2D eigenvalue weighted by molar-refractivity contribution is 5.91. The third kappa shape index (κ3) is 4.88. The first kappa shape index (κ1) is 24.7. The average molecular weight is 475 g/mol. The Kier molecular flexibility index (Phi) is 7.69. The first-order valence-electron chi connectivity index (χ1n) is 12.6. The van der Waals surface area contributed by atoms with Crippen molar-refractivity contribution in [3.05, 3.63) is 90.0 Å². The number of esters is 1. The van der Waals surface area contributed by atoms with Crippen LogP contribution in [0, 0.1) is 12.8 Å². The van der Waals surface area contributed by atoms with Gasteiger partial charge in [0.25, 0.3) is 5.82 Å². The second-order valence-electron chi connectivity index (χ2n) is 9.42. The number of rotatable bonds is 10. The summed E-state index contributed by atoms with van der Waals surface area (Å²) in [6, 6.07) is 20.3. The van der Waals surface area contributed by atoms with E-state index in [0.717, 1.165) is 49.2 Å². The molecule has 0 spiro atoms. The molecule has 3 aromatic rings. The molecular formula is C29H36N3O3+. The molecular weight excluding hydrogens is 438 g/mol. The molecule has 6 nitrogen and oxygen atoms in total. The van der Waals surface area contributed by atoms with Gasteiger partial charge in [0.1, 0.15) is 23.9 Å². The monoisotopic (exact) mass is 474 g/mol. The van der Waals surface area contributed by atoms with Gasteiger partial charge in [-0.15, -0.1) is 0 Å². The van der Waals surface area contributed by atoms with Crippen LogP contribution in [0.15, 0.2) is 73.1 Å². The third-order valence-electron chi connectivity index (χ3n) is 7.54. The van der Waals surface area contributed by atoms with Crippen LogP contribution in [0.3, 0.4) is 0 Å². The molecule has 2 N–H and O–H groups in total. The highest BCUT2D eigenvalue weighted by Gasteiger charge is 2.51. The van der Waals surface area contributed by atoms with Crippen molar-refractivity contribution >= 4 is 11.9 Å². The van der Waals surface area contributed by atoms with Crippen molar-refractivity contribution < 1.29 is 18.9 Å². The highest BCUT2D eigenvalue weighted by atomic mass is 16.5. The summed E-state index contributed by atoms with van der Waals surface area (Å²) in [6.07, 6.45) is 8.15. The van der Waals surface area contributed by atoms with Crippen LogP contribution in [0.1, 0.15) is 62.0 Å². The Hall–Kier alpha value is -3.41. The molecule has 1 heterocycles. The molecule has 1 fully saturated rings. The summed E-state index contributed by atoms with van der Waals surface area (Å²) >= 11 is 0. The average Bonchev–Trinajstić information content (AvgIpc) is 3.48. The van der Waals surface area contributed by atoms with Crippen LogP contribution >= 0.6 is 0 Å². The molecule has 6 heteroatoms. The molecule has 184 valence electrons. The predicted molar refractivity (Wildman–Crippen MR) is 134 cm³/mol. The molecule has 0 saturated heterocycles. The van der Waals surface area contributed by atoms with E-state index in [2.05, 4.69) is 28.5 Å². The molecule has 1 aliphatic carbocycles. The first-order valence-corrected chi connectivity index (χ1v) is 12.6. The summed E-state index contributed by atoms with van der Waals surface area (Å²) in [5.41, 5.74) is 7.30. The smallest absolute Gasteiger partial charge is 0.305 e. The van der Waals surface area contributed by atoms with Gasteiger partial charge in [0, 0.05) is 13.3 Å². The molecule has 2 unspecified atom stereocenters. The zero-order valence-electron chi connectivity index (χ0n) is 20.7. The Morgan fingerprint density at radius 1 is 1.06 bits per heavy atom. The van der Waals surface area contributed by atoms with Gasteiger partial charge in [-0.25, -0.2) is 9.13 Å². The van der Waals surface area contributed by atoms with Gasteiger partial charge in [-0.3, -0.25) is 9.59 Å². The quantitative estimate of drug-likeness (QED) is 0.353. The lowest BCUT2D eigenvalue weighted by Gasteiger charge is -2.37. The molecule has 0 aliphatic heterocycles. The molecule has 1 amide bonds. The number of imidazole rings is 1. The van der Waals surface area contributed by atoms with E-state index in [-0.39, 0.29) is 23.8 Å². The van der Waals surface area contributed by atoms with E-state index in [0.29, 0.717) is 13.0 Å².